The first kappa shape index (κ1) is 17.9. The molecule has 0 atom stereocenters. The van der Waals surface area contributed by atoms with Gasteiger partial charge in [0.1, 0.15) is 12.4 Å². The van der Waals surface area contributed by atoms with E-state index in [1.807, 2.05) is 6.07 Å². The Kier molecular flexibility index (Phi) is 6.99. The van der Waals surface area contributed by atoms with Crippen molar-refractivity contribution in [3.05, 3.63) is 35.7 Å². The first-order valence-electron chi connectivity index (χ1n) is 7.89. The molecule has 0 unspecified atom stereocenters. The zero-order valence-electron chi connectivity index (χ0n) is 13.6. The van der Waals surface area contributed by atoms with E-state index in [-0.39, 0.29) is 12.7 Å². The highest BCUT2D eigenvalue weighted by atomic mass is 35.5. The van der Waals surface area contributed by atoms with Gasteiger partial charge in [-0.2, -0.15) is 0 Å². The van der Waals surface area contributed by atoms with Gasteiger partial charge in [-0.05, 0) is 30.7 Å². The smallest absolute Gasteiger partial charge is 0.410 e. The molecule has 0 saturated carbocycles. The maximum absolute atomic E-state index is 12.1. The summed E-state index contributed by atoms with van der Waals surface area (Å²) in [6, 6.07) is 5.35. The molecular formula is C17H24ClN2O3. The number of piperazine rings is 1. The molecule has 23 heavy (non-hydrogen) atoms. The van der Waals surface area contributed by atoms with Crippen LogP contribution in [0.2, 0.25) is 5.02 Å². The molecule has 1 aliphatic rings. The number of amides is 1. The molecule has 127 valence electrons. The number of hydrogen-bond acceptors (Lipinski definition) is 4. The molecule has 6 heteroatoms. The van der Waals surface area contributed by atoms with Crippen LogP contribution in [0, 0.1) is 6.92 Å². The molecule has 1 aromatic rings. The second kappa shape index (κ2) is 8.99. The maximum Gasteiger partial charge on any atom is 0.410 e. The van der Waals surface area contributed by atoms with Crippen molar-refractivity contribution in [2.45, 2.75) is 19.4 Å². The Morgan fingerprint density at radius 3 is 2.70 bits per heavy atom. The molecular weight excluding hydrogens is 316 g/mol. The van der Waals surface area contributed by atoms with Crippen molar-refractivity contribution in [2.75, 3.05) is 39.8 Å². The summed E-state index contributed by atoms with van der Waals surface area (Å²) in [5.74, 6) is 0.583. The van der Waals surface area contributed by atoms with Crippen LogP contribution in [0.5, 0.6) is 5.75 Å². The molecule has 0 aliphatic carbocycles. The summed E-state index contributed by atoms with van der Waals surface area (Å²) in [5.41, 5.74) is 0.855. The van der Waals surface area contributed by atoms with Gasteiger partial charge in [-0.25, -0.2) is 4.79 Å². The van der Waals surface area contributed by atoms with Crippen LogP contribution >= 0.6 is 11.6 Å². The fourth-order valence-corrected chi connectivity index (χ4v) is 2.71. The number of ether oxygens (including phenoxy) is 2. The van der Waals surface area contributed by atoms with Gasteiger partial charge in [0.2, 0.25) is 0 Å². The second-order valence-corrected chi connectivity index (χ2v) is 5.97. The van der Waals surface area contributed by atoms with Crippen LogP contribution in [0.4, 0.5) is 4.79 Å². The highest BCUT2D eigenvalue weighted by Crippen LogP contribution is 2.25. The highest BCUT2D eigenvalue weighted by Gasteiger charge is 2.21. The van der Waals surface area contributed by atoms with E-state index in [4.69, 9.17) is 21.1 Å². The van der Waals surface area contributed by atoms with Crippen LogP contribution < -0.4 is 4.74 Å². The van der Waals surface area contributed by atoms with E-state index in [9.17, 15) is 4.79 Å². The first-order valence-corrected chi connectivity index (χ1v) is 8.27. The highest BCUT2D eigenvalue weighted by molar-refractivity contribution is 6.32. The minimum Gasteiger partial charge on any atom is -0.495 e. The van der Waals surface area contributed by atoms with Crippen LogP contribution in [-0.2, 0) is 11.3 Å². The standard InChI is InChI=1S/C17H24ClN2O3/c1-3-4-7-19-8-10-20(11-9-19)17(21)23-13-14-5-6-15(18)16(12-14)22-2/h5-6,12H,1,3-4,7-11,13H2,2H3. The van der Waals surface area contributed by atoms with Crippen molar-refractivity contribution in [3.63, 3.8) is 0 Å². The summed E-state index contributed by atoms with van der Waals surface area (Å²) in [4.78, 5) is 16.2. The summed E-state index contributed by atoms with van der Waals surface area (Å²) in [6.07, 6.45) is 1.78. The summed E-state index contributed by atoms with van der Waals surface area (Å²) < 4.78 is 10.5. The lowest BCUT2D eigenvalue weighted by atomic mass is 10.2. The third kappa shape index (κ3) is 5.29. The average Bonchev–Trinajstić information content (AvgIpc) is 2.59. The van der Waals surface area contributed by atoms with Gasteiger partial charge in [0.25, 0.3) is 0 Å². The van der Waals surface area contributed by atoms with Crippen LogP contribution in [0.25, 0.3) is 0 Å². The molecule has 0 aromatic heterocycles. The Morgan fingerprint density at radius 1 is 1.30 bits per heavy atom. The Labute approximate surface area is 143 Å². The lowest BCUT2D eigenvalue weighted by molar-refractivity contribution is 0.0714. The molecule has 5 nitrogen and oxygen atoms in total. The Morgan fingerprint density at radius 2 is 2.04 bits per heavy atom. The normalized spacial score (nSPS) is 15.5. The topological polar surface area (TPSA) is 42.0 Å². The van der Waals surface area contributed by atoms with Crippen molar-refractivity contribution in [1.82, 2.24) is 9.80 Å². The van der Waals surface area contributed by atoms with Gasteiger partial charge in [0.05, 0.1) is 12.1 Å². The van der Waals surface area contributed by atoms with E-state index in [1.54, 1.807) is 24.1 Å². The van der Waals surface area contributed by atoms with Crippen molar-refractivity contribution in [3.8, 4) is 5.75 Å². The summed E-state index contributed by atoms with van der Waals surface area (Å²) in [7, 11) is 1.56. The molecule has 0 spiro atoms. The number of carbonyl (C=O) groups is 1. The van der Waals surface area contributed by atoms with Crippen LogP contribution in [0.15, 0.2) is 18.2 Å². The Balaban J connectivity index is 1.77. The molecule has 0 N–H and O–H groups in total. The fraction of sp³-hybridized carbons (Fsp3) is 0.529. The second-order valence-electron chi connectivity index (χ2n) is 5.56. The number of unbranched alkanes of at least 4 members (excludes halogenated alkanes) is 1. The summed E-state index contributed by atoms with van der Waals surface area (Å²) >= 11 is 5.98. The van der Waals surface area contributed by atoms with E-state index >= 15 is 0 Å². The van der Waals surface area contributed by atoms with Crippen LogP contribution in [-0.4, -0.2) is 55.7 Å². The molecule has 1 aliphatic heterocycles. The molecule has 1 saturated heterocycles. The lowest BCUT2D eigenvalue weighted by Gasteiger charge is -2.34. The zero-order valence-corrected chi connectivity index (χ0v) is 14.3. The van der Waals surface area contributed by atoms with Crippen molar-refractivity contribution in [2.24, 2.45) is 0 Å². The van der Waals surface area contributed by atoms with Crippen LogP contribution in [0.3, 0.4) is 0 Å². The quantitative estimate of drug-likeness (QED) is 0.798. The summed E-state index contributed by atoms with van der Waals surface area (Å²) in [5, 5.41) is 0.543. The molecule has 1 heterocycles. The minimum atomic E-state index is -0.268. The van der Waals surface area contributed by atoms with Crippen molar-refractivity contribution >= 4 is 17.7 Å². The van der Waals surface area contributed by atoms with Gasteiger partial charge >= 0.3 is 6.09 Å². The fourth-order valence-electron chi connectivity index (χ4n) is 2.52. The number of benzene rings is 1. The number of halogens is 1. The predicted octanol–water partition coefficient (Wildman–Crippen LogP) is 3.22. The Hall–Kier alpha value is -1.46. The summed E-state index contributed by atoms with van der Waals surface area (Å²) in [6.45, 7) is 8.33. The van der Waals surface area contributed by atoms with Crippen molar-refractivity contribution < 1.29 is 14.3 Å². The van der Waals surface area contributed by atoms with Crippen molar-refractivity contribution in [1.29, 1.82) is 0 Å². The minimum absolute atomic E-state index is 0.216. The van der Waals surface area contributed by atoms with E-state index < -0.39 is 0 Å². The Bertz CT molecular complexity index is 517. The predicted molar refractivity (Wildman–Crippen MR) is 90.8 cm³/mol. The molecule has 1 fully saturated rings. The van der Waals surface area contributed by atoms with Crippen LogP contribution in [0.1, 0.15) is 18.4 Å². The number of rotatable bonds is 6. The molecule has 0 bridgehead atoms. The number of methoxy groups -OCH3 is 1. The average molecular weight is 340 g/mol. The number of nitrogens with zero attached hydrogens (tertiary/aromatic N) is 2. The molecule has 2 rings (SSSR count). The van der Waals surface area contributed by atoms with Gasteiger partial charge in [-0.1, -0.05) is 31.0 Å². The zero-order chi connectivity index (χ0) is 16.7. The monoisotopic (exact) mass is 339 g/mol. The largest absolute Gasteiger partial charge is 0.495 e. The van der Waals surface area contributed by atoms with Gasteiger partial charge in [-0.3, -0.25) is 4.90 Å². The van der Waals surface area contributed by atoms with E-state index in [2.05, 4.69) is 11.8 Å². The van der Waals surface area contributed by atoms with Gasteiger partial charge < -0.3 is 14.4 Å². The van der Waals surface area contributed by atoms with Gasteiger partial charge in [0, 0.05) is 26.2 Å². The molecule has 1 aromatic carbocycles. The van der Waals surface area contributed by atoms with E-state index in [1.165, 1.54) is 0 Å². The number of hydrogen-bond donors (Lipinski definition) is 0. The molecule has 1 radical (unpaired) electrons. The van der Waals surface area contributed by atoms with E-state index in [0.29, 0.717) is 23.9 Å². The third-order valence-corrected chi connectivity index (χ3v) is 4.24. The number of carbonyl (C=O) groups excluding carboxylic acids is 1. The maximum atomic E-state index is 12.1. The SMILES string of the molecule is [CH2]CCCN1CCN(C(=O)OCc2ccc(Cl)c(OC)c2)CC1. The first-order chi connectivity index (χ1) is 11.1. The lowest BCUT2D eigenvalue weighted by Crippen LogP contribution is -2.48. The van der Waals surface area contributed by atoms with E-state index in [0.717, 1.165) is 38.0 Å². The molecule has 1 amide bonds. The third-order valence-electron chi connectivity index (χ3n) is 3.93. The van der Waals surface area contributed by atoms with Gasteiger partial charge in [-0.15, -0.1) is 0 Å². The van der Waals surface area contributed by atoms with Gasteiger partial charge in [0.15, 0.2) is 0 Å².